The molecule has 0 aromatic heterocycles. The molecule has 1 fully saturated rings. The first-order valence-corrected chi connectivity index (χ1v) is 13.9. The molecule has 6 heteroatoms. The summed E-state index contributed by atoms with van der Waals surface area (Å²) in [4.78, 5) is 26.4. The van der Waals surface area contributed by atoms with E-state index in [0.717, 1.165) is 29.5 Å². The van der Waals surface area contributed by atoms with Crippen LogP contribution < -0.4 is 4.90 Å². The van der Waals surface area contributed by atoms with E-state index in [0.29, 0.717) is 25.4 Å². The molecule has 0 radical (unpaired) electrons. The summed E-state index contributed by atoms with van der Waals surface area (Å²) in [6, 6.07) is 20.9. The molecule has 0 bridgehead atoms. The fraction of sp³-hybridized carbons (Fsp3) is 0.353. The van der Waals surface area contributed by atoms with Crippen LogP contribution in [0.2, 0.25) is 0 Å². The number of benzene rings is 3. The third-order valence-electron chi connectivity index (χ3n) is 7.14. The number of hydrogen-bond acceptors (Lipinski definition) is 5. The Hall–Kier alpha value is -4.11. The van der Waals surface area contributed by atoms with Crippen LogP contribution >= 0.6 is 0 Å². The average molecular weight is 542 g/mol. The maximum absolute atomic E-state index is 14.3. The van der Waals surface area contributed by atoms with Crippen LogP contribution in [0.15, 0.2) is 66.7 Å². The van der Waals surface area contributed by atoms with Gasteiger partial charge >= 0.3 is 11.9 Å². The molecule has 0 N–H and O–H groups in total. The molecule has 4 rings (SSSR count). The number of carbonyl (C=O) groups is 2. The standard InChI is InChI=1S/C34H36FNO4/c1-4-6-7-24-8-10-25(11-9-24)12-13-26-14-16-27(17-15-26)22-36(23-28-20-30(28)34(38)40-5-2)29-18-19-32(35)31(21-29)33(37)39-3/h8-11,14-19,21,28,30H,4-7,20,22-23H2,1-3H3. The van der Waals surface area contributed by atoms with E-state index < -0.39 is 11.8 Å². The lowest BCUT2D eigenvalue weighted by atomic mass is 10.1. The van der Waals surface area contributed by atoms with Gasteiger partial charge in [-0.3, -0.25) is 4.79 Å². The van der Waals surface area contributed by atoms with Gasteiger partial charge in [0.25, 0.3) is 0 Å². The van der Waals surface area contributed by atoms with E-state index in [4.69, 9.17) is 9.47 Å². The molecular weight excluding hydrogens is 505 g/mol. The number of rotatable bonds is 11. The van der Waals surface area contributed by atoms with E-state index in [-0.39, 0.29) is 23.4 Å². The van der Waals surface area contributed by atoms with Gasteiger partial charge in [-0.25, -0.2) is 9.18 Å². The topological polar surface area (TPSA) is 55.8 Å². The highest BCUT2D eigenvalue weighted by molar-refractivity contribution is 5.90. The van der Waals surface area contributed by atoms with Gasteiger partial charge in [0.05, 0.1) is 25.2 Å². The summed E-state index contributed by atoms with van der Waals surface area (Å²) in [5, 5.41) is 0. The summed E-state index contributed by atoms with van der Waals surface area (Å²) in [6.45, 7) is 5.44. The van der Waals surface area contributed by atoms with E-state index in [1.165, 1.54) is 37.6 Å². The van der Waals surface area contributed by atoms with E-state index in [2.05, 4.69) is 47.9 Å². The van der Waals surface area contributed by atoms with Crippen LogP contribution in [0.5, 0.6) is 0 Å². The van der Waals surface area contributed by atoms with Gasteiger partial charge in [-0.1, -0.05) is 49.5 Å². The summed E-state index contributed by atoms with van der Waals surface area (Å²) in [5.41, 5.74) is 4.82. The van der Waals surface area contributed by atoms with Crippen LogP contribution in [-0.4, -0.2) is 32.2 Å². The Labute approximate surface area is 236 Å². The number of hydrogen-bond donors (Lipinski definition) is 0. The van der Waals surface area contributed by atoms with Crippen molar-refractivity contribution in [1.29, 1.82) is 0 Å². The third kappa shape index (κ3) is 7.72. The van der Waals surface area contributed by atoms with Gasteiger partial charge in [-0.2, -0.15) is 0 Å². The number of unbranched alkanes of at least 4 members (excludes halogenated alkanes) is 1. The highest BCUT2D eigenvalue weighted by Gasteiger charge is 2.45. The van der Waals surface area contributed by atoms with E-state index in [1.807, 2.05) is 24.3 Å². The van der Waals surface area contributed by atoms with Gasteiger partial charge in [0.1, 0.15) is 5.82 Å². The Morgan fingerprint density at radius 3 is 2.20 bits per heavy atom. The molecule has 0 amide bonds. The summed E-state index contributed by atoms with van der Waals surface area (Å²) < 4.78 is 24.3. The molecule has 5 nitrogen and oxygen atoms in total. The van der Waals surface area contributed by atoms with Crippen molar-refractivity contribution in [3.05, 3.63) is 100 Å². The van der Waals surface area contributed by atoms with Crippen molar-refractivity contribution in [2.75, 3.05) is 25.2 Å². The normalized spacial score (nSPS) is 15.5. The molecule has 0 saturated heterocycles. The van der Waals surface area contributed by atoms with Crippen LogP contribution in [0.3, 0.4) is 0 Å². The molecule has 1 aliphatic rings. The largest absolute Gasteiger partial charge is 0.466 e. The van der Waals surface area contributed by atoms with Gasteiger partial charge in [-0.15, -0.1) is 0 Å². The van der Waals surface area contributed by atoms with Crippen LogP contribution in [0, 0.1) is 29.5 Å². The predicted octanol–water partition coefficient (Wildman–Crippen LogP) is 6.56. The first kappa shape index (κ1) is 28.9. The zero-order chi connectivity index (χ0) is 28.5. The van der Waals surface area contributed by atoms with Gasteiger partial charge in [0.15, 0.2) is 0 Å². The lowest BCUT2D eigenvalue weighted by molar-refractivity contribution is -0.145. The second-order valence-electron chi connectivity index (χ2n) is 10.1. The summed E-state index contributed by atoms with van der Waals surface area (Å²) in [7, 11) is 1.23. The zero-order valence-corrected chi connectivity index (χ0v) is 23.4. The molecule has 2 atom stereocenters. The molecule has 2 unspecified atom stereocenters. The van der Waals surface area contributed by atoms with Crippen LogP contribution in [0.1, 0.15) is 65.7 Å². The van der Waals surface area contributed by atoms with E-state index in [1.54, 1.807) is 13.0 Å². The maximum atomic E-state index is 14.3. The minimum Gasteiger partial charge on any atom is -0.466 e. The van der Waals surface area contributed by atoms with E-state index >= 15 is 0 Å². The average Bonchev–Trinajstić information content (AvgIpc) is 3.75. The Morgan fingerprint density at radius 2 is 1.60 bits per heavy atom. The van der Waals surface area contributed by atoms with Crippen molar-refractivity contribution in [1.82, 2.24) is 0 Å². The number of anilines is 1. The number of ether oxygens (including phenoxy) is 2. The second kappa shape index (κ2) is 13.8. The Bertz CT molecular complexity index is 1370. The second-order valence-corrected chi connectivity index (χ2v) is 10.1. The first-order valence-electron chi connectivity index (χ1n) is 13.9. The number of halogens is 1. The quantitative estimate of drug-likeness (QED) is 0.203. The first-order chi connectivity index (χ1) is 19.4. The fourth-order valence-corrected chi connectivity index (χ4v) is 4.70. The molecule has 0 heterocycles. The smallest absolute Gasteiger partial charge is 0.340 e. The van der Waals surface area contributed by atoms with Crippen molar-refractivity contribution >= 4 is 17.6 Å². The molecule has 0 aliphatic heterocycles. The molecule has 3 aromatic carbocycles. The summed E-state index contributed by atoms with van der Waals surface area (Å²) in [5.74, 6) is 4.92. The number of esters is 2. The Kier molecular flexibility index (Phi) is 9.96. The Morgan fingerprint density at radius 1 is 0.950 bits per heavy atom. The van der Waals surface area contributed by atoms with Gasteiger partial charge < -0.3 is 14.4 Å². The third-order valence-corrected chi connectivity index (χ3v) is 7.14. The maximum Gasteiger partial charge on any atom is 0.340 e. The van der Waals surface area contributed by atoms with Crippen molar-refractivity contribution < 1.29 is 23.5 Å². The number of carbonyl (C=O) groups excluding carboxylic acids is 2. The number of nitrogens with zero attached hydrogens (tertiary/aromatic N) is 1. The van der Waals surface area contributed by atoms with Crippen molar-refractivity contribution in [3.8, 4) is 11.8 Å². The lowest BCUT2D eigenvalue weighted by Crippen LogP contribution is -2.27. The lowest BCUT2D eigenvalue weighted by Gasteiger charge is -2.26. The van der Waals surface area contributed by atoms with Gasteiger partial charge in [0.2, 0.25) is 0 Å². The predicted molar refractivity (Wildman–Crippen MR) is 154 cm³/mol. The van der Waals surface area contributed by atoms with Crippen LogP contribution in [0.4, 0.5) is 10.1 Å². The van der Waals surface area contributed by atoms with Crippen LogP contribution in [-0.2, 0) is 27.2 Å². The SMILES string of the molecule is CCCCc1ccc(C#Cc2ccc(CN(CC3CC3C(=O)OCC)c3ccc(F)c(C(=O)OC)c3)cc2)cc1. The summed E-state index contributed by atoms with van der Waals surface area (Å²) >= 11 is 0. The van der Waals surface area contributed by atoms with Crippen molar-refractivity contribution in [2.45, 2.75) is 46.1 Å². The fourth-order valence-electron chi connectivity index (χ4n) is 4.70. The van der Waals surface area contributed by atoms with Gasteiger partial charge in [0, 0.05) is 29.9 Å². The molecular formula is C34H36FNO4. The Balaban J connectivity index is 1.49. The number of aryl methyl sites for hydroxylation is 1. The highest BCUT2D eigenvalue weighted by Crippen LogP contribution is 2.41. The van der Waals surface area contributed by atoms with Crippen molar-refractivity contribution in [2.24, 2.45) is 11.8 Å². The number of methoxy groups -OCH3 is 1. The van der Waals surface area contributed by atoms with E-state index in [9.17, 15) is 14.0 Å². The molecule has 3 aromatic rings. The van der Waals surface area contributed by atoms with Crippen molar-refractivity contribution in [3.63, 3.8) is 0 Å². The zero-order valence-electron chi connectivity index (χ0n) is 23.4. The van der Waals surface area contributed by atoms with Crippen LogP contribution in [0.25, 0.3) is 0 Å². The minimum atomic E-state index is -0.728. The molecule has 1 saturated carbocycles. The monoisotopic (exact) mass is 541 g/mol. The molecule has 208 valence electrons. The minimum absolute atomic E-state index is 0.119. The summed E-state index contributed by atoms with van der Waals surface area (Å²) in [6.07, 6.45) is 4.21. The highest BCUT2D eigenvalue weighted by atomic mass is 19.1. The van der Waals surface area contributed by atoms with Gasteiger partial charge in [-0.05, 0) is 85.7 Å². The molecule has 1 aliphatic carbocycles. The molecule has 0 spiro atoms. The molecule has 40 heavy (non-hydrogen) atoms.